The number of benzene rings is 1. The third-order valence-electron chi connectivity index (χ3n) is 3.48. The Balaban J connectivity index is 1.92. The van der Waals surface area contributed by atoms with Gasteiger partial charge in [-0.15, -0.1) is 0 Å². The SMILES string of the molecule is C=C(CNCc1c(C)nn(C)c1C)c1ccccc1. The van der Waals surface area contributed by atoms with Crippen molar-refractivity contribution in [3.05, 3.63) is 59.4 Å². The van der Waals surface area contributed by atoms with Crippen LogP contribution in [0.5, 0.6) is 0 Å². The van der Waals surface area contributed by atoms with Crippen LogP contribution < -0.4 is 5.32 Å². The highest BCUT2D eigenvalue weighted by molar-refractivity contribution is 5.64. The van der Waals surface area contributed by atoms with Crippen molar-refractivity contribution in [1.82, 2.24) is 15.1 Å². The fourth-order valence-corrected chi connectivity index (χ4v) is 2.19. The van der Waals surface area contributed by atoms with Gasteiger partial charge in [-0.25, -0.2) is 0 Å². The van der Waals surface area contributed by atoms with E-state index in [0.717, 1.165) is 24.4 Å². The monoisotopic (exact) mass is 255 g/mol. The molecule has 0 fully saturated rings. The molecule has 0 aliphatic heterocycles. The van der Waals surface area contributed by atoms with E-state index >= 15 is 0 Å². The summed E-state index contributed by atoms with van der Waals surface area (Å²) in [6, 6.07) is 10.3. The van der Waals surface area contributed by atoms with Crippen molar-refractivity contribution >= 4 is 5.57 Å². The van der Waals surface area contributed by atoms with Gasteiger partial charge < -0.3 is 5.32 Å². The molecule has 19 heavy (non-hydrogen) atoms. The lowest BCUT2D eigenvalue weighted by molar-refractivity contribution is 0.724. The third-order valence-corrected chi connectivity index (χ3v) is 3.48. The van der Waals surface area contributed by atoms with E-state index in [1.54, 1.807) is 0 Å². The fraction of sp³-hybridized carbons (Fsp3) is 0.312. The number of nitrogens with one attached hydrogen (secondary N) is 1. The first-order valence-corrected chi connectivity index (χ1v) is 6.52. The molecule has 0 saturated carbocycles. The molecule has 0 saturated heterocycles. The summed E-state index contributed by atoms with van der Waals surface area (Å²) >= 11 is 0. The van der Waals surface area contributed by atoms with E-state index in [2.05, 4.69) is 43.0 Å². The molecule has 0 atom stereocenters. The van der Waals surface area contributed by atoms with Crippen molar-refractivity contribution in [2.24, 2.45) is 7.05 Å². The van der Waals surface area contributed by atoms with E-state index < -0.39 is 0 Å². The van der Waals surface area contributed by atoms with Gasteiger partial charge in [0.2, 0.25) is 0 Å². The van der Waals surface area contributed by atoms with Gasteiger partial charge in [0.15, 0.2) is 0 Å². The predicted octanol–water partition coefficient (Wildman–Crippen LogP) is 2.84. The highest BCUT2D eigenvalue weighted by Gasteiger charge is 2.08. The van der Waals surface area contributed by atoms with E-state index in [9.17, 15) is 0 Å². The Bertz CT molecular complexity index is 567. The lowest BCUT2D eigenvalue weighted by Gasteiger charge is -2.08. The van der Waals surface area contributed by atoms with Crippen LogP contribution in [-0.2, 0) is 13.6 Å². The molecule has 0 aliphatic carbocycles. The maximum atomic E-state index is 4.42. The number of nitrogens with zero attached hydrogens (tertiary/aromatic N) is 2. The fourth-order valence-electron chi connectivity index (χ4n) is 2.19. The smallest absolute Gasteiger partial charge is 0.0641 e. The highest BCUT2D eigenvalue weighted by atomic mass is 15.3. The first kappa shape index (κ1) is 13.6. The molecule has 0 amide bonds. The van der Waals surface area contributed by atoms with Gasteiger partial charge in [0.05, 0.1) is 5.69 Å². The van der Waals surface area contributed by atoms with Crippen molar-refractivity contribution in [2.75, 3.05) is 6.54 Å². The molecule has 1 heterocycles. The van der Waals surface area contributed by atoms with Crippen LogP contribution in [0.3, 0.4) is 0 Å². The van der Waals surface area contributed by atoms with Gasteiger partial charge in [0.25, 0.3) is 0 Å². The normalized spacial score (nSPS) is 10.7. The summed E-state index contributed by atoms with van der Waals surface area (Å²) in [5.41, 5.74) is 5.89. The summed E-state index contributed by atoms with van der Waals surface area (Å²) in [5.74, 6) is 0. The molecule has 0 unspecified atom stereocenters. The second kappa shape index (κ2) is 5.85. The minimum Gasteiger partial charge on any atom is -0.308 e. The van der Waals surface area contributed by atoms with E-state index in [0.29, 0.717) is 0 Å². The maximum Gasteiger partial charge on any atom is 0.0641 e. The highest BCUT2D eigenvalue weighted by Crippen LogP contribution is 2.13. The Hall–Kier alpha value is -1.87. The molecule has 100 valence electrons. The maximum absolute atomic E-state index is 4.42. The van der Waals surface area contributed by atoms with Gasteiger partial charge >= 0.3 is 0 Å². The van der Waals surface area contributed by atoms with Crippen molar-refractivity contribution < 1.29 is 0 Å². The summed E-state index contributed by atoms with van der Waals surface area (Å²) < 4.78 is 1.93. The van der Waals surface area contributed by atoms with E-state index in [1.807, 2.05) is 29.9 Å². The molecule has 1 aromatic heterocycles. The van der Waals surface area contributed by atoms with Gasteiger partial charge in [-0.05, 0) is 25.0 Å². The molecule has 2 aromatic rings. The summed E-state index contributed by atoms with van der Waals surface area (Å²) in [7, 11) is 1.98. The summed E-state index contributed by atoms with van der Waals surface area (Å²) in [5, 5.41) is 7.86. The second-order valence-corrected chi connectivity index (χ2v) is 4.85. The van der Waals surface area contributed by atoms with E-state index in [4.69, 9.17) is 0 Å². The molecular formula is C16H21N3. The van der Waals surface area contributed by atoms with Crippen LogP contribution in [0.2, 0.25) is 0 Å². The molecule has 3 nitrogen and oxygen atoms in total. The summed E-state index contributed by atoms with van der Waals surface area (Å²) in [6.45, 7) is 9.89. The van der Waals surface area contributed by atoms with Gasteiger partial charge in [0, 0.05) is 31.4 Å². The van der Waals surface area contributed by atoms with E-state index in [1.165, 1.54) is 16.8 Å². The van der Waals surface area contributed by atoms with Crippen molar-refractivity contribution in [2.45, 2.75) is 20.4 Å². The average Bonchev–Trinajstić information content (AvgIpc) is 2.66. The summed E-state index contributed by atoms with van der Waals surface area (Å²) in [6.07, 6.45) is 0. The second-order valence-electron chi connectivity index (χ2n) is 4.85. The van der Waals surface area contributed by atoms with Crippen LogP contribution in [0.4, 0.5) is 0 Å². The van der Waals surface area contributed by atoms with Crippen molar-refractivity contribution in [3.8, 4) is 0 Å². The largest absolute Gasteiger partial charge is 0.308 e. The Labute approximate surface area is 115 Å². The number of hydrogen-bond acceptors (Lipinski definition) is 2. The Kier molecular flexibility index (Phi) is 4.17. The lowest BCUT2D eigenvalue weighted by Crippen LogP contribution is -2.16. The minimum atomic E-state index is 0.789. The number of aryl methyl sites for hydroxylation is 2. The summed E-state index contributed by atoms with van der Waals surface area (Å²) in [4.78, 5) is 0. The standard InChI is InChI=1S/C16H21N3/c1-12(15-8-6-5-7-9-15)10-17-11-16-13(2)18-19(4)14(16)3/h5-9,17H,1,10-11H2,2-4H3. The molecule has 3 heteroatoms. The van der Waals surface area contributed by atoms with Crippen LogP contribution in [0.15, 0.2) is 36.9 Å². The van der Waals surface area contributed by atoms with Crippen LogP contribution >= 0.6 is 0 Å². The topological polar surface area (TPSA) is 29.9 Å². The zero-order valence-corrected chi connectivity index (χ0v) is 11.9. The minimum absolute atomic E-state index is 0.789. The molecule has 1 N–H and O–H groups in total. The van der Waals surface area contributed by atoms with Gasteiger partial charge in [-0.2, -0.15) is 5.10 Å². The van der Waals surface area contributed by atoms with Crippen molar-refractivity contribution in [1.29, 1.82) is 0 Å². The molecule has 0 spiro atoms. The van der Waals surface area contributed by atoms with Crippen LogP contribution in [0.25, 0.3) is 5.57 Å². The molecule has 1 aromatic carbocycles. The third kappa shape index (κ3) is 3.12. The lowest BCUT2D eigenvalue weighted by atomic mass is 10.1. The van der Waals surface area contributed by atoms with Crippen LogP contribution in [-0.4, -0.2) is 16.3 Å². The molecular weight excluding hydrogens is 234 g/mol. The zero-order chi connectivity index (χ0) is 13.8. The number of rotatable bonds is 5. The van der Waals surface area contributed by atoms with Crippen LogP contribution in [0.1, 0.15) is 22.5 Å². The molecule has 0 bridgehead atoms. The van der Waals surface area contributed by atoms with Crippen LogP contribution in [0, 0.1) is 13.8 Å². The molecule has 2 rings (SSSR count). The first-order valence-electron chi connectivity index (χ1n) is 6.52. The van der Waals surface area contributed by atoms with Gasteiger partial charge in [0.1, 0.15) is 0 Å². The number of hydrogen-bond donors (Lipinski definition) is 1. The molecule has 0 radical (unpaired) electrons. The number of aromatic nitrogens is 2. The molecule has 0 aliphatic rings. The Morgan fingerprint density at radius 2 is 1.95 bits per heavy atom. The average molecular weight is 255 g/mol. The first-order chi connectivity index (χ1) is 9.09. The van der Waals surface area contributed by atoms with E-state index in [-0.39, 0.29) is 0 Å². The predicted molar refractivity (Wildman–Crippen MR) is 79.9 cm³/mol. The zero-order valence-electron chi connectivity index (χ0n) is 11.9. The Morgan fingerprint density at radius 3 is 2.53 bits per heavy atom. The van der Waals surface area contributed by atoms with Gasteiger partial charge in [-0.1, -0.05) is 36.9 Å². The van der Waals surface area contributed by atoms with Gasteiger partial charge in [-0.3, -0.25) is 4.68 Å². The Morgan fingerprint density at radius 1 is 1.26 bits per heavy atom. The van der Waals surface area contributed by atoms with Crippen molar-refractivity contribution in [3.63, 3.8) is 0 Å². The quantitative estimate of drug-likeness (QED) is 0.890.